The van der Waals surface area contributed by atoms with Crippen LogP contribution in [0.1, 0.15) is 31.0 Å². The van der Waals surface area contributed by atoms with Crippen molar-refractivity contribution in [3.05, 3.63) is 29.3 Å². The van der Waals surface area contributed by atoms with E-state index < -0.39 is 0 Å². The molecule has 0 saturated carbocycles. The number of benzene rings is 1. The first-order valence-corrected chi connectivity index (χ1v) is 6.77. The number of ether oxygens (including phenoxy) is 1. The van der Waals surface area contributed by atoms with Gasteiger partial charge in [0.25, 0.3) is 0 Å². The topological polar surface area (TPSA) is 38.5 Å². The smallest absolute Gasteiger partial charge is 0.122 e. The average Bonchev–Trinajstić information content (AvgIpc) is 2.76. The van der Waals surface area contributed by atoms with Crippen molar-refractivity contribution in [2.75, 3.05) is 26.7 Å². The largest absolute Gasteiger partial charge is 0.493 e. The van der Waals surface area contributed by atoms with Gasteiger partial charge in [-0.3, -0.25) is 4.90 Å². The predicted molar refractivity (Wildman–Crippen MR) is 74.9 cm³/mol. The van der Waals surface area contributed by atoms with Crippen molar-refractivity contribution < 1.29 is 4.74 Å². The van der Waals surface area contributed by atoms with Gasteiger partial charge in [0.15, 0.2) is 0 Å². The zero-order valence-corrected chi connectivity index (χ0v) is 11.6. The van der Waals surface area contributed by atoms with Crippen LogP contribution in [0.5, 0.6) is 5.75 Å². The predicted octanol–water partition coefficient (Wildman–Crippen LogP) is 2.21. The molecule has 1 aliphatic heterocycles. The molecule has 0 fully saturated rings. The van der Waals surface area contributed by atoms with E-state index in [1.54, 1.807) is 0 Å². The summed E-state index contributed by atoms with van der Waals surface area (Å²) in [6, 6.07) is 6.80. The van der Waals surface area contributed by atoms with Crippen LogP contribution in [0.25, 0.3) is 0 Å². The van der Waals surface area contributed by atoms with E-state index in [4.69, 9.17) is 10.5 Å². The summed E-state index contributed by atoms with van der Waals surface area (Å²) < 4.78 is 5.55. The van der Waals surface area contributed by atoms with Gasteiger partial charge < -0.3 is 10.5 Å². The molecule has 1 unspecified atom stereocenters. The van der Waals surface area contributed by atoms with Crippen molar-refractivity contribution in [3.63, 3.8) is 0 Å². The van der Waals surface area contributed by atoms with E-state index >= 15 is 0 Å². The molecule has 18 heavy (non-hydrogen) atoms. The first kappa shape index (κ1) is 13.4. The quantitative estimate of drug-likeness (QED) is 0.868. The zero-order valence-electron chi connectivity index (χ0n) is 11.6. The second-order valence-electron chi connectivity index (χ2n) is 5.55. The number of hydrogen-bond donors (Lipinski definition) is 1. The van der Waals surface area contributed by atoms with Gasteiger partial charge in [0.1, 0.15) is 5.75 Å². The van der Waals surface area contributed by atoms with Crippen LogP contribution in [0.15, 0.2) is 18.2 Å². The van der Waals surface area contributed by atoms with Gasteiger partial charge in [-0.05, 0) is 30.2 Å². The van der Waals surface area contributed by atoms with Gasteiger partial charge in [-0.2, -0.15) is 0 Å². The van der Waals surface area contributed by atoms with E-state index in [1.165, 1.54) is 11.1 Å². The first-order valence-electron chi connectivity index (χ1n) is 6.77. The molecule has 1 heterocycles. The van der Waals surface area contributed by atoms with Crippen LogP contribution < -0.4 is 10.5 Å². The van der Waals surface area contributed by atoms with Gasteiger partial charge in [0, 0.05) is 25.6 Å². The highest BCUT2D eigenvalue weighted by Crippen LogP contribution is 2.29. The monoisotopic (exact) mass is 248 g/mol. The summed E-state index contributed by atoms with van der Waals surface area (Å²) in [6.07, 6.45) is 1.02. The number of likely N-dealkylation sites (N-methyl/N-ethyl adjacent to an activating group) is 1. The lowest BCUT2D eigenvalue weighted by molar-refractivity contribution is 0.223. The highest BCUT2D eigenvalue weighted by atomic mass is 16.5. The number of nitrogens with two attached hydrogens (primary N) is 1. The first-order chi connectivity index (χ1) is 8.61. The lowest BCUT2D eigenvalue weighted by Crippen LogP contribution is -2.33. The normalized spacial score (nSPS) is 15.9. The Morgan fingerprint density at radius 1 is 1.39 bits per heavy atom. The summed E-state index contributed by atoms with van der Waals surface area (Å²) >= 11 is 0. The van der Waals surface area contributed by atoms with Crippen molar-refractivity contribution in [1.82, 2.24) is 4.90 Å². The molecule has 2 rings (SSSR count). The third-order valence-corrected chi connectivity index (χ3v) is 3.51. The summed E-state index contributed by atoms with van der Waals surface area (Å²) in [5.74, 6) is 1.70. The van der Waals surface area contributed by atoms with Crippen molar-refractivity contribution in [3.8, 4) is 5.75 Å². The Labute approximate surface area is 110 Å². The lowest BCUT2D eigenvalue weighted by Gasteiger charge is -2.29. The van der Waals surface area contributed by atoms with Gasteiger partial charge in [0.2, 0.25) is 0 Å². The molecule has 0 aliphatic carbocycles. The Morgan fingerprint density at radius 2 is 2.17 bits per heavy atom. The molecule has 100 valence electrons. The lowest BCUT2D eigenvalue weighted by atomic mass is 10.0. The van der Waals surface area contributed by atoms with Crippen LogP contribution >= 0.6 is 0 Å². The minimum atomic E-state index is 0.304. The molecule has 3 nitrogen and oxygen atoms in total. The second kappa shape index (κ2) is 5.72. The number of fused-ring (bicyclic) bond motifs is 1. The van der Waals surface area contributed by atoms with Crippen LogP contribution in [0.2, 0.25) is 0 Å². The number of hydrogen-bond acceptors (Lipinski definition) is 3. The van der Waals surface area contributed by atoms with E-state index in [0.717, 1.165) is 25.3 Å². The number of rotatable bonds is 5. The molecule has 0 amide bonds. The van der Waals surface area contributed by atoms with E-state index in [2.05, 4.69) is 44.0 Å². The van der Waals surface area contributed by atoms with Crippen molar-refractivity contribution >= 4 is 0 Å². The molecule has 1 atom stereocenters. The SMILES string of the molecule is CC(C)CN(C)C(CN)c1ccc2c(c1)CCO2. The van der Waals surface area contributed by atoms with Crippen molar-refractivity contribution in [2.45, 2.75) is 26.3 Å². The van der Waals surface area contributed by atoms with E-state index in [9.17, 15) is 0 Å². The summed E-state index contributed by atoms with van der Waals surface area (Å²) in [5.41, 5.74) is 8.59. The fourth-order valence-electron chi connectivity index (χ4n) is 2.69. The van der Waals surface area contributed by atoms with Gasteiger partial charge in [-0.25, -0.2) is 0 Å². The van der Waals surface area contributed by atoms with E-state index in [0.29, 0.717) is 18.5 Å². The highest BCUT2D eigenvalue weighted by molar-refractivity contribution is 5.40. The fraction of sp³-hybridized carbons (Fsp3) is 0.600. The van der Waals surface area contributed by atoms with Crippen LogP contribution in [0.3, 0.4) is 0 Å². The standard InChI is InChI=1S/C15H24N2O/c1-11(2)10-17(3)14(9-16)12-4-5-15-13(8-12)6-7-18-15/h4-5,8,11,14H,6-7,9-10,16H2,1-3H3. The molecule has 0 radical (unpaired) electrons. The second-order valence-corrected chi connectivity index (χ2v) is 5.55. The summed E-state index contributed by atoms with van der Waals surface area (Å²) in [4.78, 5) is 2.35. The molecular formula is C15H24N2O. The van der Waals surface area contributed by atoms with Crippen molar-refractivity contribution in [2.24, 2.45) is 11.7 Å². The van der Waals surface area contributed by atoms with E-state index in [-0.39, 0.29) is 0 Å². The molecule has 1 aromatic rings. The number of nitrogens with zero attached hydrogens (tertiary/aromatic N) is 1. The molecule has 3 heteroatoms. The third kappa shape index (κ3) is 2.85. The van der Waals surface area contributed by atoms with Crippen LogP contribution in [0.4, 0.5) is 0 Å². The van der Waals surface area contributed by atoms with Gasteiger partial charge >= 0.3 is 0 Å². The molecule has 0 spiro atoms. The Morgan fingerprint density at radius 3 is 2.83 bits per heavy atom. The van der Waals surface area contributed by atoms with Crippen molar-refractivity contribution in [1.29, 1.82) is 0 Å². The molecule has 1 aliphatic rings. The maximum Gasteiger partial charge on any atom is 0.122 e. The minimum Gasteiger partial charge on any atom is -0.493 e. The molecule has 0 bridgehead atoms. The molecule has 1 aromatic carbocycles. The fourth-order valence-corrected chi connectivity index (χ4v) is 2.69. The Hall–Kier alpha value is -1.06. The average molecular weight is 248 g/mol. The van der Waals surface area contributed by atoms with Gasteiger partial charge in [-0.1, -0.05) is 26.0 Å². The Kier molecular flexibility index (Phi) is 4.25. The van der Waals surface area contributed by atoms with Crippen LogP contribution in [-0.2, 0) is 6.42 Å². The van der Waals surface area contributed by atoms with Gasteiger partial charge in [0.05, 0.1) is 6.61 Å². The molecular weight excluding hydrogens is 224 g/mol. The Balaban J connectivity index is 2.17. The maximum atomic E-state index is 5.95. The summed E-state index contributed by atoms with van der Waals surface area (Å²) in [7, 11) is 2.15. The Bertz CT molecular complexity index is 403. The molecule has 2 N–H and O–H groups in total. The third-order valence-electron chi connectivity index (χ3n) is 3.51. The highest BCUT2D eigenvalue weighted by Gasteiger charge is 2.19. The van der Waals surface area contributed by atoms with Gasteiger partial charge in [-0.15, -0.1) is 0 Å². The molecule has 0 saturated heterocycles. The zero-order chi connectivity index (χ0) is 13.1. The summed E-state index contributed by atoms with van der Waals surface area (Å²) in [5, 5.41) is 0. The minimum absolute atomic E-state index is 0.304. The summed E-state index contributed by atoms with van der Waals surface area (Å²) in [6.45, 7) is 7.01. The van der Waals surface area contributed by atoms with Crippen LogP contribution in [0, 0.1) is 5.92 Å². The van der Waals surface area contributed by atoms with Crippen LogP contribution in [-0.4, -0.2) is 31.6 Å². The maximum absolute atomic E-state index is 5.95. The molecule has 0 aromatic heterocycles. The van der Waals surface area contributed by atoms with E-state index in [1.807, 2.05) is 0 Å².